The van der Waals surface area contributed by atoms with Crippen LogP contribution in [0.15, 0.2) is 48.6 Å². The van der Waals surface area contributed by atoms with Crippen molar-refractivity contribution in [3.63, 3.8) is 0 Å². The Balaban J connectivity index is 1.70. The average Bonchev–Trinajstić information content (AvgIpc) is 2.59. The topological polar surface area (TPSA) is 0 Å². The summed E-state index contributed by atoms with van der Waals surface area (Å²) >= 11 is 0. The summed E-state index contributed by atoms with van der Waals surface area (Å²) in [7, 11) is 0. The fourth-order valence-electron chi connectivity index (χ4n) is 4.14. The lowest BCUT2D eigenvalue weighted by Crippen LogP contribution is -2.43. The molecule has 2 atom stereocenters. The summed E-state index contributed by atoms with van der Waals surface area (Å²) in [5, 5.41) is 0. The largest absolute Gasteiger partial charge is 0.239 e. The molecule has 1 aromatic rings. The molecule has 0 saturated heterocycles. The van der Waals surface area contributed by atoms with Gasteiger partial charge in [-0.3, -0.25) is 0 Å². The highest BCUT2D eigenvalue weighted by atomic mass is 19.2. The van der Waals surface area contributed by atoms with Crippen LogP contribution in [0.25, 0.3) is 5.57 Å². The summed E-state index contributed by atoms with van der Waals surface area (Å²) in [5.74, 6) is 0.524. The first-order valence-corrected chi connectivity index (χ1v) is 8.93. The molecule has 1 saturated carbocycles. The van der Waals surface area contributed by atoms with Crippen molar-refractivity contribution in [2.45, 2.75) is 57.3 Å². The minimum Gasteiger partial charge on any atom is -0.239 e. The summed E-state index contributed by atoms with van der Waals surface area (Å²) in [4.78, 5) is 0. The van der Waals surface area contributed by atoms with Crippen molar-refractivity contribution in [2.24, 2.45) is 11.8 Å². The standard InChI is InChI=1S/C21H26F2/c1-2-6-16-9-11-19(12-10-16)21(23)14-13-18(15-20(21)22)17-7-4-3-5-8-17/h3-5,7-8,13-16,19-20H,2,6,9-12H2,1H3/t16-,19-,20?,21?. The van der Waals surface area contributed by atoms with Crippen LogP contribution in [0.5, 0.6) is 0 Å². The van der Waals surface area contributed by atoms with Crippen LogP contribution >= 0.6 is 0 Å². The van der Waals surface area contributed by atoms with Crippen LogP contribution < -0.4 is 0 Å². The number of hydrogen-bond acceptors (Lipinski definition) is 0. The SMILES string of the molecule is CCC[C@H]1CC[C@H](C2(F)C=CC(c3ccccc3)=CC2F)CC1. The molecule has 2 aliphatic carbocycles. The fraction of sp³-hybridized carbons (Fsp3) is 0.524. The Morgan fingerprint density at radius 2 is 1.78 bits per heavy atom. The van der Waals surface area contributed by atoms with Crippen molar-refractivity contribution in [1.82, 2.24) is 0 Å². The molecule has 3 rings (SSSR count). The molecule has 0 aromatic heterocycles. The predicted octanol–water partition coefficient (Wildman–Crippen LogP) is 6.29. The molecule has 2 aliphatic rings. The van der Waals surface area contributed by atoms with Gasteiger partial charge < -0.3 is 0 Å². The minimum absolute atomic E-state index is 0.185. The number of benzene rings is 1. The Bertz CT molecular complexity index is 567. The van der Waals surface area contributed by atoms with E-state index >= 15 is 4.39 Å². The Kier molecular flexibility index (Phi) is 4.99. The molecule has 0 radical (unpaired) electrons. The molecular weight excluding hydrogens is 290 g/mol. The maximum Gasteiger partial charge on any atom is 0.166 e. The van der Waals surface area contributed by atoms with Crippen molar-refractivity contribution in [3.05, 3.63) is 54.1 Å². The fourth-order valence-corrected chi connectivity index (χ4v) is 4.14. The van der Waals surface area contributed by atoms with Crippen LogP contribution in [0, 0.1) is 11.8 Å². The van der Waals surface area contributed by atoms with Gasteiger partial charge in [0, 0.05) is 0 Å². The molecule has 0 N–H and O–H groups in total. The summed E-state index contributed by atoms with van der Waals surface area (Å²) < 4.78 is 30.0. The number of hydrogen-bond donors (Lipinski definition) is 0. The Labute approximate surface area is 138 Å². The van der Waals surface area contributed by atoms with Crippen LogP contribution in [0.3, 0.4) is 0 Å². The first-order chi connectivity index (χ1) is 11.1. The predicted molar refractivity (Wildman–Crippen MR) is 92.7 cm³/mol. The molecule has 0 aliphatic heterocycles. The first kappa shape index (κ1) is 16.4. The number of allylic oxidation sites excluding steroid dienone is 4. The van der Waals surface area contributed by atoms with Gasteiger partial charge in [0.25, 0.3) is 0 Å². The van der Waals surface area contributed by atoms with Crippen LogP contribution in [-0.4, -0.2) is 11.8 Å². The Hall–Kier alpha value is -1.44. The molecule has 2 heteroatoms. The van der Waals surface area contributed by atoms with Gasteiger partial charge in [-0.1, -0.05) is 69.0 Å². The third-order valence-electron chi connectivity index (χ3n) is 5.54. The average molecular weight is 316 g/mol. The van der Waals surface area contributed by atoms with E-state index in [2.05, 4.69) is 6.92 Å². The van der Waals surface area contributed by atoms with E-state index in [0.717, 1.165) is 36.8 Å². The summed E-state index contributed by atoms with van der Waals surface area (Å²) in [5.41, 5.74) is -0.0960. The van der Waals surface area contributed by atoms with Crippen LogP contribution in [-0.2, 0) is 0 Å². The molecule has 0 nitrogen and oxygen atoms in total. The lowest BCUT2D eigenvalue weighted by atomic mass is 9.70. The van der Waals surface area contributed by atoms with Gasteiger partial charge in [0.2, 0.25) is 0 Å². The molecule has 0 bridgehead atoms. The minimum atomic E-state index is -1.82. The molecule has 0 amide bonds. The molecule has 124 valence electrons. The quantitative estimate of drug-likeness (QED) is 0.612. The van der Waals surface area contributed by atoms with E-state index in [1.54, 1.807) is 6.08 Å². The maximum absolute atomic E-state index is 15.3. The third-order valence-corrected chi connectivity index (χ3v) is 5.54. The van der Waals surface area contributed by atoms with Gasteiger partial charge in [-0.25, -0.2) is 8.78 Å². The van der Waals surface area contributed by atoms with Crippen molar-refractivity contribution in [1.29, 1.82) is 0 Å². The zero-order valence-electron chi connectivity index (χ0n) is 13.8. The number of alkyl halides is 2. The maximum atomic E-state index is 15.3. The second kappa shape index (κ2) is 6.98. The van der Waals surface area contributed by atoms with E-state index in [9.17, 15) is 4.39 Å². The van der Waals surface area contributed by atoms with E-state index in [4.69, 9.17) is 0 Å². The Morgan fingerprint density at radius 1 is 1.09 bits per heavy atom. The highest BCUT2D eigenvalue weighted by Crippen LogP contribution is 2.45. The van der Waals surface area contributed by atoms with Crippen molar-refractivity contribution in [2.75, 3.05) is 0 Å². The van der Waals surface area contributed by atoms with Crippen LogP contribution in [0.1, 0.15) is 51.0 Å². The van der Waals surface area contributed by atoms with Gasteiger partial charge in [-0.15, -0.1) is 0 Å². The molecule has 23 heavy (non-hydrogen) atoms. The smallest absolute Gasteiger partial charge is 0.166 e. The summed E-state index contributed by atoms with van der Waals surface area (Å²) in [6.45, 7) is 2.19. The van der Waals surface area contributed by atoms with Gasteiger partial charge >= 0.3 is 0 Å². The molecule has 2 unspecified atom stereocenters. The molecule has 0 spiro atoms. The normalized spacial score (nSPS) is 34.2. The van der Waals surface area contributed by atoms with E-state index < -0.39 is 11.8 Å². The highest BCUT2D eigenvalue weighted by molar-refractivity contribution is 5.76. The molecule has 1 fully saturated rings. The monoisotopic (exact) mass is 316 g/mol. The van der Waals surface area contributed by atoms with E-state index in [1.807, 2.05) is 30.3 Å². The van der Waals surface area contributed by atoms with E-state index in [1.165, 1.54) is 25.0 Å². The molecule has 0 heterocycles. The number of rotatable bonds is 4. The molecular formula is C21H26F2. The Morgan fingerprint density at radius 3 is 2.39 bits per heavy atom. The number of halogens is 2. The van der Waals surface area contributed by atoms with Gasteiger partial charge in [-0.2, -0.15) is 0 Å². The van der Waals surface area contributed by atoms with E-state index in [0.29, 0.717) is 5.92 Å². The second-order valence-electron chi connectivity index (χ2n) is 7.06. The zero-order chi connectivity index (χ0) is 16.3. The summed E-state index contributed by atoms with van der Waals surface area (Å²) in [6.07, 6.45) is 9.28. The van der Waals surface area contributed by atoms with Gasteiger partial charge in [-0.05, 0) is 48.0 Å². The first-order valence-electron chi connectivity index (χ1n) is 8.93. The van der Waals surface area contributed by atoms with Crippen LogP contribution in [0.2, 0.25) is 0 Å². The van der Waals surface area contributed by atoms with Gasteiger partial charge in [0.05, 0.1) is 0 Å². The van der Waals surface area contributed by atoms with Crippen molar-refractivity contribution >= 4 is 5.57 Å². The lowest BCUT2D eigenvalue weighted by Gasteiger charge is -2.39. The van der Waals surface area contributed by atoms with E-state index in [-0.39, 0.29) is 5.92 Å². The summed E-state index contributed by atoms with van der Waals surface area (Å²) in [6, 6.07) is 9.64. The third kappa shape index (κ3) is 3.41. The highest BCUT2D eigenvalue weighted by Gasteiger charge is 2.46. The molecule has 1 aromatic carbocycles. The van der Waals surface area contributed by atoms with Crippen molar-refractivity contribution < 1.29 is 8.78 Å². The van der Waals surface area contributed by atoms with Crippen molar-refractivity contribution in [3.8, 4) is 0 Å². The van der Waals surface area contributed by atoms with Crippen LogP contribution in [0.4, 0.5) is 8.78 Å². The second-order valence-corrected chi connectivity index (χ2v) is 7.06. The van der Waals surface area contributed by atoms with Gasteiger partial charge in [0.1, 0.15) is 0 Å². The lowest BCUT2D eigenvalue weighted by molar-refractivity contribution is 0.0321. The zero-order valence-corrected chi connectivity index (χ0v) is 13.8. The van der Waals surface area contributed by atoms with Gasteiger partial charge in [0.15, 0.2) is 11.8 Å².